The normalized spacial score (nSPS) is 15.1. The monoisotopic (exact) mass is 269 g/mol. The van der Waals surface area contributed by atoms with Crippen LogP contribution in [0.5, 0.6) is 5.75 Å². The molecule has 0 atom stereocenters. The minimum Gasteiger partial charge on any atom is -0.506 e. The summed E-state index contributed by atoms with van der Waals surface area (Å²) >= 11 is 0. The lowest BCUT2D eigenvalue weighted by Crippen LogP contribution is -2.20. The Balaban J connectivity index is 2.14. The van der Waals surface area contributed by atoms with Crippen molar-refractivity contribution in [3.8, 4) is 5.75 Å². The van der Waals surface area contributed by atoms with Gasteiger partial charge >= 0.3 is 0 Å². The zero-order valence-electron chi connectivity index (χ0n) is 9.97. The molecule has 0 unspecified atom stereocenters. The number of nitrogens with zero attached hydrogens (tertiary/aromatic N) is 1. The zero-order valence-corrected chi connectivity index (χ0v) is 10.8. The summed E-state index contributed by atoms with van der Waals surface area (Å²) < 4.78 is 24.4. The molecule has 0 spiro atoms. The third-order valence-electron chi connectivity index (χ3n) is 2.47. The molecule has 7 heteroatoms. The Morgan fingerprint density at radius 1 is 1.50 bits per heavy atom. The van der Waals surface area contributed by atoms with Gasteiger partial charge in [-0.3, -0.25) is 9.71 Å². The number of rotatable bonds is 4. The van der Waals surface area contributed by atoms with E-state index in [1.165, 1.54) is 6.07 Å². The van der Waals surface area contributed by atoms with Crippen LogP contribution in [0.25, 0.3) is 0 Å². The van der Waals surface area contributed by atoms with Gasteiger partial charge in [0.05, 0.1) is 18.5 Å². The molecule has 18 heavy (non-hydrogen) atoms. The molecule has 0 bridgehead atoms. The van der Waals surface area contributed by atoms with Gasteiger partial charge in [0, 0.05) is 13.0 Å². The van der Waals surface area contributed by atoms with Crippen LogP contribution >= 0.6 is 0 Å². The second-order valence-electron chi connectivity index (χ2n) is 4.16. The largest absolute Gasteiger partial charge is 0.506 e. The second kappa shape index (κ2) is 4.85. The third-order valence-corrected chi connectivity index (χ3v) is 3.06. The predicted octanol–water partition coefficient (Wildman–Crippen LogP) is 0.308. The fourth-order valence-electron chi connectivity index (χ4n) is 1.73. The first-order valence-electron chi connectivity index (χ1n) is 5.51. The highest BCUT2D eigenvalue weighted by atomic mass is 32.2. The summed E-state index contributed by atoms with van der Waals surface area (Å²) in [6.45, 7) is 1.62. The minimum atomic E-state index is -3.38. The number of sulfonamides is 1. The molecule has 1 aliphatic rings. The van der Waals surface area contributed by atoms with Crippen molar-refractivity contribution in [1.29, 1.82) is 0 Å². The smallest absolute Gasteiger partial charge is 0.229 e. The quantitative estimate of drug-likeness (QED) is 0.686. The van der Waals surface area contributed by atoms with Crippen molar-refractivity contribution in [2.24, 2.45) is 4.99 Å². The topological polar surface area (TPSA) is 90.8 Å². The van der Waals surface area contributed by atoms with Gasteiger partial charge in [-0.15, -0.1) is 0 Å². The molecule has 3 N–H and O–H groups in total. The van der Waals surface area contributed by atoms with Gasteiger partial charge in [0.2, 0.25) is 10.0 Å². The molecule has 98 valence electrons. The summed E-state index contributed by atoms with van der Waals surface area (Å²) in [6, 6.07) is 4.84. The fourth-order valence-corrected chi connectivity index (χ4v) is 2.30. The van der Waals surface area contributed by atoms with Gasteiger partial charge in [0.25, 0.3) is 0 Å². The maximum absolute atomic E-state index is 11.1. The fraction of sp³-hybridized carbons (Fsp3) is 0.364. The highest BCUT2D eigenvalue weighted by Crippen LogP contribution is 2.25. The molecule has 1 aromatic rings. The number of benzene rings is 1. The predicted molar refractivity (Wildman–Crippen MR) is 70.6 cm³/mol. The number of nitrogens with one attached hydrogen (secondary N) is 2. The van der Waals surface area contributed by atoms with Crippen molar-refractivity contribution in [2.45, 2.75) is 6.42 Å². The van der Waals surface area contributed by atoms with E-state index < -0.39 is 10.0 Å². The summed E-state index contributed by atoms with van der Waals surface area (Å²) in [5.74, 6) is 0.801. The van der Waals surface area contributed by atoms with Crippen molar-refractivity contribution >= 4 is 21.5 Å². The molecular weight excluding hydrogens is 254 g/mol. The molecule has 2 rings (SSSR count). The molecule has 1 heterocycles. The number of aliphatic imine (C=N–C) groups is 1. The van der Waals surface area contributed by atoms with Crippen LogP contribution in [0.3, 0.4) is 0 Å². The van der Waals surface area contributed by atoms with Crippen molar-refractivity contribution in [3.63, 3.8) is 0 Å². The van der Waals surface area contributed by atoms with E-state index in [4.69, 9.17) is 0 Å². The Kier molecular flexibility index (Phi) is 3.42. The number of phenols is 1. The van der Waals surface area contributed by atoms with E-state index in [-0.39, 0.29) is 11.4 Å². The Bertz CT molecular complexity index is 581. The van der Waals surface area contributed by atoms with Gasteiger partial charge in [0.1, 0.15) is 11.6 Å². The van der Waals surface area contributed by atoms with Crippen LogP contribution < -0.4 is 10.0 Å². The lowest BCUT2D eigenvalue weighted by molar-refractivity contribution is 0.477. The molecule has 1 aliphatic heterocycles. The number of anilines is 1. The lowest BCUT2D eigenvalue weighted by atomic mass is 10.1. The first-order valence-corrected chi connectivity index (χ1v) is 7.40. The SMILES string of the molecule is CS(=O)(=O)Nc1ccc(CC2=NCCN2)cc1O. The highest BCUT2D eigenvalue weighted by Gasteiger charge is 2.10. The van der Waals surface area contributed by atoms with Gasteiger partial charge in [-0.1, -0.05) is 6.07 Å². The average molecular weight is 269 g/mol. The molecule has 0 fully saturated rings. The highest BCUT2D eigenvalue weighted by molar-refractivity contribution is 7.92. The Labute approximate surface area is 106 Å². The van der Waals surface area contributed by atoms with Gasteiger partial charge in [-0.25, -0.2) is 8.42 Å². The van der Waals surface area contributed by atoms with Crippen LogP contribution in [-0.2, 0) is 16.4 Å². The van der Waals surface area contributed by atoms with Crippen LogP contribution in [0.15, 0.2) is 23.2 Å². The van der Waals surface area contributed by atoms with Crippen LogP contribution in [0.2, 0.25) is 0 Å². The molecule has 1 aromatic carbocycles. The molecular formula is C11H15N3O3S. The van der Waals surface area contributed by atoms with Crippen molar-refractivity contribution in [2.75, 3.05) is 24.1 Å². The Morgan fingerprint density at radius 3 is 2.83 bits per heavy atom. The number of amidine groups is 1. The number of aromatic hydroxyl groups is 1. The van der Waals surface area contributed by atoms with Gasteiger partial charge in [-0.05, 0) is 17.7 Å². The van der Waals surface area contributed by atoms with Crippen LogP contribution in [-0.4, -0.2) is 38.7 Å². The lowest BCUT2D eigenvalue weighted by Gasteiger charge is -2.08. The molecule has 0 aliphatic carbocycles. The van der Waals surface area contributed by atoms with Crippen molar-refractivity contribution in [1.82, 2.24) is 5.32 Å². The summed E-state index contributed by atoms with van der Waals surface area (Å²) in [7, 11) is -3.38. The molecule has 0 saturated carbocycles. The summed E-state index contributed by atoms with van der Waals surface area (Å²) in [6.07, 6.45) is 1.64. The maximum Gasteiger partial charge on any atom is 0.229 e. The van der Waals surface area contributed by atoms with Gasteiger partial charge in [-0.2, -0.15) is 0 Å². The van der Waals surface area contributed by atoms with E-state index in [0.717, 1.165) is 30.7 Å². The van der Waals surface area contributed by atoms with Crippen molar-refractivity contribution in [3.05, 3.63) is 23.8 Å². The first kappa shape index (κ1) is 12.7. The van der Waals surface area contributed by atoms with Crippen LogP contribution in [0.4, 0.5) is 5.69 Å². The van der Waals surface area contributed by atoms with Crippen molar-refractivity contribution < 1.29 is 13.5 Å². The van der Waals surface area contributed by atoms with E-state index in [1.807, 2.05) is 0 Å². The van der Waals surface area contributed by atoms with Crippen LogP contribution in [0, 0.1) is 0 Å². The summed E-state index contributed by atoms with van der Waals surface area (Å²) in [4.78, 5) is 4.25. The molecule has 0 saturated heterocycles. The molecule has 0 amide bonds. The molecule has 6 nitrogen and oxygen atoms in total. The van der Waals surface area contributed by atoms with E-state index in [2.05, 4.69) is 15.0 Å². The van der Waals surface area contributed by atoms with Crippen LogP contribution in [0.1, 0.15) is 5.56 Å². The standard InChI is InChI=1S/C11H15N3O3S/c1-18(16,17)14-9-3-2-8(6-10(9)15)7-11-12-4-5-13-11/h2-3,6,14-15H,4-5,7H2,1H3,(H,12,13). The van der Waals surface area contributed by atoms with E-state index in [1.54, 1.807) is 12.1 Å². The third kappa shape index (κ3) is 3.36. The molecule has 0 radical (unpaired) electrons. The van der Waals surface area contributed by atoms with E-state index >= 15 is 0 Å². The van der Waals surface area contributed by atoms with E-state index in [0.29, 0.717) is 6.42 Å². The van der Waals surface area contributed by atoms with Gasteiger partial charge < -0.3 is 10.4 Å². The number of hydrogen-bond donors (Lipinski definition) is 3. The Hall–Kier alpha value is -1.76. The van der Waals surface area contributed by atoms with Gasteiger partial charge in [0.15, 0.2) is 0 Å². The zero-order chi connectivity index (χ0) is 13.2. The number of hydrogen-bond acceptors (Lipinski definition) is 5. The second-order valence-corrected chi connectivity index (χ2v) is 5.91. The minimum absolute atomic E-state index is 0.0866. The van der Waals surface area contributed by atoms with E-state index in [9.17, 15) is 13.5 Å². The average Bonchev–Trinajstić information content (AvgIpc) is 2.73. The first-order chi connectivity index (χ1) is 8.44. The maximum atomic E-state index is 11.1. The molecule has 0 aromatic heterocycles. The summed E-state index contributed by atoms with van der Waals surface area (Å²) in [5, 5.41) is 12.9. The Morgan fingerprint density at radius 2 is 2.28 bits per heavy atom. The summed E-state index contributed by atoms with van der Waals surface area (Å²) in [5.41, 5.74) is 1.06. The number of phenolic OH excluding ortho intramolecular Hbond substituents is 1.